The number of anilines is 1. The molecule has 7 heteroatoms. The zero-order valence-corrected chi connectivity index (χ0v) is 12.4. The van der Waals surface area contributed by atoms with Gasteiger partial charge in [0.1, 0.15) is 0 Å². The molecule has 3 N–H and O–H groups in total. The van der Waals surface area contributed by atoms with Crippen LogP contribution in [0.2, 0.25) is 5.02 Å². The average Bonchev–Trinajstić information content (AvgIpc) is 2.38. The summed E-state index contributed by atoms with van der Waals surface area (Å²) in [5.74, 6) is -1.13. The summed E-state index contributed by atoms with van der Waals surface area (Å²) in [6.45, 7) is 3.12. The summed E-state index contributed by atoms with van der Waals surface area (Å²) < 4.78 is 5.26. The Morgan fingerprint density at radius 1 is 1.33 bits per heavy atom. The molecule has 0 atom stereocenters. The number of amides is 2. The van der Waals surface area contributed by atoms with Gasteiger partial charge in [-0.2, -0.15) is 0 Å². The van der Waals surface area contributed by atoms with Crippen LogP contribution in [0.5, 0.6) is 0 Å². The maximum absolute atomic E-state index is 12.1. The highest BCUT2D eigenvalue weighted by Crippen LogP contribution is 2.23. The van der Waals surface area contributed by atoms with E-state index in [2.05, 4.69) is 10.6 Å². The SMILES string of the molecule is CC1(NC(=O)Nc2cc(Cl)ccc2C(=O)O)CCOCC1. The summed E-state index contributed by atoms with van der Waals surface area (Å²) in [4.78, 5) is 23.2. The number of ether oxygens (including phenoxy) is 1. The largest absolute Gasteiger partial charge is 0.478 e. The second-order valence-corrected chi connectivity index (χ2v) is 5.68. The zero-order valence-electron chi connectivity index (χ0n) is 11.6. The van der Waals surface area contributed by atoms with Crippen LogP contribution >= 0.6 is 11.6 Å². The van der Waals surface area contributed by atoms with Crippen LogP contribution in [0, 0.1) is 0 Å². The molecule has 0 unspecified atom stereocenters. The second-order valence-electron chi connectivity index (χ2n) is 5.25. The second kappa shape index (κ2) is 6.32. The summed E-state index contributed by atoms with van der Waals surface area (Å²) >= 11 is 5.84. The van der Waals surface area contributed by atoms with Gasteiger partial charge in [-0.15, -0.1) is 0 Å². The summed E-state index contributed by atoms with van der Waals surface area (Å²) in [7, 11) is 0. The van der Waals surface area contributed by atoms with Crippen molar-refractivity contribution in [2.45, 2.75) is 25.3 Å². The molecule has 0 aliphatic carbocycles. The predicted octanol–water partition coefficient (Wildman–Crippen LogP) is 2.73. The van der Waals surface area contributed by atoms with E-state index in [0.29, 0.717) is 31.1 Å². The number of rotatable bonds is 3. The quantitative estimate of drug-likeness (QED) is 0.800. The number of carbonyl (C=O) groups is 2. The lowest BCUT2D eigenvalue weighted by Gasteiger charge is -2.34. The highest BCUT2D eigenvalue weighted by Gasteiger charge is 2.29. The van der Waals surface area contributed by atoms with Gasteiger partial charge in [0, 0.05) is 23.8 Å². The molecule has 6 nitrogen and oxygen atoms in total. The predicted molar refractivity (Wildman–Crippen MR) is 79.0 cm³/mol. The van der Waals surface area contributed by atoms with Gasteiger partial charge in [-0.05, 0) is 38.0 Å². The van der Waals surface area contributed by atoms with Crippen molar-refractivity contribution in [1.82, 2.24) is 5.32 Å². The minimum absolute atomic E-state index is 0.00770. The van der Waals surface area contributed by atoms with E-state index in [1.807, 2.05) is 6.92 Å². The monoisotopic (exact) mass is 312 g/mol. The molecule has 1 aliphatic heterocycles. The van der Waals surface area contributed by atoms with E-state index in [1.165, 1.54) is 18.2 Å². The van der Waals surface area contributed by atoms with E-state index in [-0.39, 0.29) is 16.8 Å². The van der Waals surface area contributed by atoms with E-state index in [9.17, 15) is 9.59 Å². The zero-order chi connectivity index (χ0) is 15.5. The Kier molecular flexibility index (Phi) is 4.69. The third-order valence-electron chi connectivity index (χ3n) is 3.47. The molecule has 1 aromatic rings. The lowest BCUT2D eigenvalue weighted by Crippen LogP contribution is -2.51. The molecule has 1 aliphatic rings. The fourth-order valence-electron chi connectivity index (χ4n) is 2.18. The standard InChI is InChI=1S/C14H17ClN2O4/c1-14(4-6-21-7-5-14)17-13(20)16-11-8-9(15)2-3-10(11)12(18)19/h2-3,8H,4-7H2,1H3,(H,18,19)(H2,16,17,20). The van der Waals surface area contributed by atoms with Gasteiger partial charge < -0.3 is 20.5 Å². The molecule has 0 spiro atoms. The number of nitrogens with one attached hydrogen (secondary N) is 2. The first-order valence-corrected chi connectivity index (χ1v) is 6.97. The molecular formula is C14H17ClN2O4. The lowest BCUT2D eigenvalue weighted by atomic mass is 9.93. The minimum Gasteiger partial charge on any atom is -0.478 e. The Labute approximate surface area is 127 Å². The normalized spacial score (nSPS) is 17.0. The van der Waals surface area contributed by atoms with Gasteiger partial charge in [0.2, 0.25) is 0 Å². The Bertz CT molecular complexity index is 556. The number of benzene rings is 1. The van der Waals surface area contributed by atoms with Gasteiger partial charge in [-0.25, -0.2) is 9.59 Å². The highest BCUT2D eigenvalue weighted by molar-refractivity contribution is 6.31. The molecule has 0 aromatic heterocycles. The molecule has 0 radical (unpaired) electrons. The maximum Gasteiger partial charge on any atom is 0.337 e. The van der Waals surface area contributed by atoms with Crippen LogP contribution in [0.25, 0.3) is 0 Å². The summed E-state index contributed by atoms with van der Waals surface area (Å²) in [5.41, 5.74) is -0.195. The van der Waals surface area contributed by atoms with Gasteiger partial charge in [0.25, 0.3) is 0 Å². The maximum atomic E-state index is 12.1. The molecule has 1 saturated heterocycles. The van der Waals surface area contributed by atoms with Crippen molar-refractivity contribution >= 4 is 29.3 Å². The molecule has 114 valence electrons. The molecule has 21 heavy (non-hydrogen) atoms. The third-order valence-corrected chi connectivity index (χ3v) is 3.71. The number of halogens is 1. The van der Waals surface area contributed by atoms with Gasteiger partial charge in [-0.1, -0.05) is 11.6 Å². The van der Waals surface area contributed by atoms with Crippen LogP contribution in [0.15, 0.2) is 18.2 Å². The summed E-state index contributed by atoms with van der Waals surface area (Å²) in [6, 6.07) is 3.78. The van der Waals surface area contributed by atoms with E-state index in [0.717, 1.165) is 0 Å². The average molecular weight is 313 g/mol. The van der Waals surface area contributed by atoms with Crippen LogP contribution < -0.4 is 10.6 Å². The Morgan fingerprint density at radius 3 is 2.62 bits per heavy atom. The lowest BCUT2D eigenvalue weighted by molar-refractivity contribution is 0.0499. The van der Waals surface area contributed by atoms with Crippen LogP contribution in [0.3, 0.4) is 0 Å². The van der Waals surface area contributed by atoms with Crippen molar-refractivity contribution in [2.24, 2.45) is 0 Å². The third kappa shape index (κ3) is 4.09. The number of hydrogen-bond acceptors (Lipinski definition) is 3. The van der Waals surface area contributed by atoms with Gasteiger partial charge in [0.15, 0.2) is 0 Å². The molecule has 1 fully saturated rings. The van der Waals surface area contributed by atoms with E-state index in [1.54, 1.807) is 0 Å². The molecule has 2 amide bonds. The van der Waals surface area contributed by atoms with Gasteiger partial charge >= 0.3 is 12.0 Å². The Morgan fingerprint density at radius 2 is 2.00 bits per heavy atom. The summed E-state index contributed by atoms with van der Waals surface area (Å²) in [5, 5.41) is 14.9. The van der Waals surface area contributed by atoms with Crippen LogP contribution in [-0.2, 0) is 4.74 Å². The van der Waals surface area contributed by atoms with Crippen molar-refractivity contribution in [2.75, 3.05) is 18.5 Å². The molecule has 1 heterocycles. The topological polar surface area (TPSA) is 87.7 Å². The van der Waals surface area contributed by atoms with E-state index >= 15 is 0 Å². The first-order chi connectivity index (χ1) is 9.89. The number of carboxylic acid groups (broad SMARTS) is 1. The number of carboxylic acids is 1. The van der Waals surface area contributed by atoms with E-state index < -0.39 is 12.0 Å². The smallest absolute Gasteiger partial charge is 0.337 e. The number of hydrogen-bond donors (Lipinski definition) is 3. The first-order valence-electron chi connectivity index (χ1n) is 6.59. The van der Waals surface area contributed by atoms with Crippen molar-refractivity contribution in [3.05, 3.63) is 28.8 Å². The number of carbonyl (C=O) groups excluding carboxylic acids is 1. The highest BCUT2D eigenvalue weighted by atomic mass is 35.5. The molecule has 2 rings (SSSR count). The van der Waals surface area contributed by atoms with E-state index in [4.69, 9.17) is 21.4 Å². The van der Waals surface area contributed by atoms with Crippen molar-refractivity contribution < 1.29 is 19.4 Å². The fourth-order valence-corrected chi connectivity index (χ4v) is 2.35. The molecule has 0 saturated carbocycles. The van der Waals surface area contributed by atoms with Gasteiger partial charge in [-0.3, -0.25) is 0 Å². The minimum atomic E-state index is -1.13. The summed E-state index contributed by atoms with van der Waals surface area (Å²) in [6.07, 6.45) is 1.42. The number of aromatic carboxylic acids is 1. The van der Waals surface area contributed by atoms with Crippen molar-refractivity contribution in [3.63, 3.8) is 0 Å². The Hall–Kier alpha value is -1.79. The van der Waals surface area contributed by atoms with Crippen molar-refractivity contribution in [1.29, 1.82) is 0 Å². The molecule has 1 aromatic carbocycles. The fraction of sp³-hybridized carbons (Fsp3) is 0.429. The van der Waals surface area contributed by atoms with Crippen LogP contribution in [-0.4, -0.2) is 35.9 Å². The van der Waals surface area contributed by atoms with Crippen LogP contribution in [0.4, 0.5) is 10.5 Å². The van der Waals surface area contributed by atoms with Gasteiger partial charge in [0.05, 0.1) is 11.3 Å². The molecular weight excluding hydrogens is 296 g/mol. The Balaban J connectivity index is 2.09. The van der Waals surface area contributed by atoms with Crippen molar-refractivity contribution in [3.8, 4) is 0 Å². The van der Waals surface area contributed by atoms with Crippen LogP contribution in [0.1, 0.15) is 30.1 Å². The first kappa shape index (κ1) is 15.6. The molecule has 0 bridgehead atoms. The number of urea groups is 1.